The van der Waals surface area contributed by atoms with Gasteiger partial charge >= 0.3 is 0 Å². The van der Waals surface area contributed by atoms with Crippen LogP contribution >= 0.6 is 15.9 Å². The molecule has 0 bridgehead atoms. The normalized spacial score (nSPS) is 9.38. The van der Waals surface area contributed by atoms with E-state index in [0.29, 0.717) is 6.61 Å². The Balaban J connectivity index is 2.78. The van der Waals surface area contributed by atoms with Crippen molar-refractivity contribution >= 4 is 15.9 Å². The second-order valence-electron chi connectivity index (χ2n) is 2.40. The van der Waals surface area contributed by atoms with Crippen molar-refractivity contribution in [1.82, 2.24) is 0 Å². The van der Waals surface area contributed by atoms with Gasteiger partial charge in [-0.05, 0) is 34.1 Å². The summed E-state index contributed by atoms with van der Waals surface area (Å²) in [5.41, 5.74) is 0. The van der Waals surface area contributed by atoms with Crippen molar-refractivity contribution in [2.75, 3.05) is 13.7 Å². The standard InChI is InChI=1S/C10H11BrO2/c1-3-6-13-10-5-4-8(12-2)7-9(10)11/h3-5,7H,1,6H2,2H3. The molecule has 0 saturated heterocycles. The third-order valence-corrected chi connectivity index (χ3v) is 2.12. The molecule has 0 aliphatic carbocycles. The maximum atomic E-state index is 5.36. The Kier molecular flexibility index (Phi) is 3.83. The van der Waals surface area contributed by atoms with E-state index in [9.17, 15) is 0 Å². The maximum absolute atomic E-state index is 5.36. The molecular weight excluding hydrogens is 232 g/mol. The van der Waals surface area contributed by atoms with E-state index in [0.717, 1.165) is 16.0 Å². The lowest BCUT2D eigenvalue weighted by Crippen LogP contribution is -1.93. The molecule has 0 unspecified atom stereocenters. The molecule has 1 aromatic carbocycles. The Hall–Kier alpha value is -0.960. The number of halogens is 1. The van der Waals surface area contributed by atoms with Crippen molar-refractivity contribution in [3.8, 4) is 11.5 Å². The van der Waals surface area contributed by atoms with Gasteiger partial charge in [-0.25, -0.2) is 0 Å². The Morgan fingerprint density at radius 3 is 2.85 bits per heavy atom. The van der Waals surface area contributed by atoms with Crippen molar-refractivity contribution in [1.29, 1.82) is 0 Å². The summed E-state index contributed by atoms with van der Waals surface area (Å²) in [7, 11) is 1.63. The molecule has 2 nitrogen and oxygen atoms in total. The zero-order valence-corrected chi connectivity index (χ0v) is 9.00. The van der Waals surface area contributed by atoms with E-state index >= 15 is 0 Å². The summed E-state index contributed by atoms with van der Waals surface area (Å²) in [6.07, 6.45) is 1.71. The summed E-state index contributed by atoms with van der Waals surface area (Å²) in [5.74, 6) is 1.60. The lowest BCUT2D eigenvalue weighted by molar-refractivity contribution is 0.358. The average Bonchev–Trinajstić information content (AvgIpc) is 2.16. The summed E-state index contributed by atoms with van der Waals surface area (Å²) < 4.78 is 11.3. The Labute approximate surface area is 86.3 Å². The van der Waals surface area contributed by atoms with Crippen LogP contribution in [0.3, 0.4) is 0 Å². The van der Waals surface area contributed by atoms with E-state index in [2.05, 4.69) is 22.5 Å². The SMILES string of the molecule is C=CCOc1ccc(OC)cc1Br. The molecule has 0 saturated carbocycles. The molecule has 0 aliphatic heterocycles. The molecule has 70 valence electrons. The molecule has 1 rings (SSSR count). The molecular formula is C10H11BrO2. The first-order valence-electron chi connectivity index (χ1n) is 3.85. The summed E-state index contributed by atoms with van der Waals surface area (Å²) in [6, 6.07) is 5.56. The minimum absolute atomic E-state index is 0.505. The molecule has 0 aromatic heterocycles. The number of hydrogen-bond acceptors (Lipinski definition) is 2. The number of ether oxygens (including phenoxy) is 2. The van der Waals surface area contributed by atoms with Crippen LogP contribution in [0.2, 0.25) is 0 Å². The van der Waals surface area contributed by atoms with E-state index in [1.54, 1.807) is 13.2 Å². The molecule has 0 amide bonds. The first-order valence-corrected chi connectivity index (χ1v) is 4.64. The third-order valence-electron chi connectivity index (χ3n) is 1.50. The highest BCUT2D eigenvalue weighted by Gasteiger charge is 2.01. The van der Waals surface area contributed by atoms with Gasteiger partial charge in [-0.1, -0.05) is 12.7 Å². The molecule has 0 spiro atoms. The fourth-order valence-corrected chi connectivity index (χ4v) is 1.35. The minimum Gasteiger partial charge on any atom is -0.497 e. The van der Waals surface area contributed by atoms with Gasteiger partial charge in [0.1, 0.15) is 18.1 Å². The van der Waals surface area contributed by atoms with Gasteiger partial charge in [0.15, 0.2) is 0 Å². The topological polar surface area (TPSA) is 18.5 Å². The summed E-state index contributed by atoms with van der Waals surface area (Å²) >= 11 is 3.38. The van der Waals surface area contributed by atoms with Crippen molar-refractivity contribution in [2.24, 2.45) is 0 Å². The van der Waals surface area contributed by atoms with Crippen LogP contribution in [-0.4, -0.2) is 13.7 Å². The van der Waals surface area contributed by atoms with Crippen LogP contribution in [0, 0.1) is 0 Å². The number of hydrogen-bond donors (Lipinski definition) is 0. The molecule has 0 fully saturated rings. The molecule has 0 radical (unpaired) electrons. The van der Waals surface area contributed by atoms with Crippen LogP contribution in [0.4, 0.5) is 0 Å². The van der Waals surface area contributed by atoms with E-state index in [1.807, 2.05) is 18.2 Å². The number of methoxy groups -OCH3 is 1. The van der Waals surface area contributed by atoms with E-state index in [-0.39, 0.29) is 0 Å². The van der Waals surface area contributed by atoms with Gasteiger partial charge in [0.05, 0.1) is 11.6 Å². The van der Waals surface area contributed by atoms with Crippen molar-refractivity contribution in [3.05, 3.63) is 35.3 Å². The monoisotopic (exact) mass is 242 g/mol. The van der Waals surface area contributed by atoms with E-state index < -0.39 is 0 Å². The van der Waals surface area contributed by atoms with Gasteiger partial charge in [0.2, 0.25) is 0 Å². The summed E-state index contributed by atoms with van der Waals surface area (Å²) in [4.78, 5) is 0. The second-order valence-corrected chi connectivity index (χ2v) is 3.25. The van der Waals surface area contributed by atoms with Crippen LogP contribution in [0.25, 0.3) is 0 Å². The lowest BCUT2D eigenvalue weighted by atomic mass is 10.3. The highest BCUT2D eigenvalue weighted by Crippen LogP contribution is 2.28. The van der Waals surface area contributed by atoms with Crippen LogP contribution in [0.1, 0.15) is 0 Å². The molecule has 0 atom stereocenters. The molecule has 13 heavy (non-hydrogen) atoms. The second kappa shape index (κ2) is 4.92. The third kappa shape index (κ3) is 2.77. The zero-order valence-electron chi connectivity index (χ0n) is 7.42. The van der Waals surface area contributed by atoms with Crippen molar-refractivity contribution in [2.45, 2.75) is 0 Å². The molecule has 0 heterocycles. The van der Waals surface area contributed by atoms with Crippen LogP contribution in [0.15, 0.2) is 35.3 Å². The largest absolute Gasteiger partial charge is 0.497 e. The van der Waals surface area contributed by atoms with Gasteiger partial charge in [-0.3, -0.25) is 0 Å². The molecule has 0 aliphatic rings. The summed E-state index contributed by atoms with van der Waals surface area (Å²) in [5, 5.41) is 0. The van der Waals surface area contributed by atoms with Gasteiger partial charge in [-0.15, -0.1) is 0 Å². The predicted molar refractivity (Wildman–Crippen MR) is 56.4 cm³/mol. The molecule has 1 aromatic rings. The van der Waals surface area contributed by atoms with Gasteiger partial charge < -0.3 is 9.47 Å². The smallest absolute Gasteiger partial charge is 0.134 e. The Morgan fingerprint density at radius 2 is 2.31 bits per heavy atom. The fraction of sp³-hybridized carbons (Fsp3) is 0.200. The predicted octanol–water partition coefficient (Wildman–Crippen LogP) is 3.02. The van der Waals surface area contributed by atoms with E-state index in [4.69, 9.17) is 9.47 Å². The Morgan fingerprint density at radius 1 is 1.54 bits per heavy atom. The maximum Gasteiger partial charge on any atom is 0.134 e. The highest BCUT2D eigenvalue weighted by atomic mass is 79.9. The van der Waals surface area contributed by atoms with Gasteiger partial charge in [-0.2, -0.15) is 0 Å². The molecule has 0 N–H and O–H groups in total. The van der Waals surface area contributed by atoms with Crippen molar-refractivity contribution < 1.29 is 9.47 Å². The van der Waals surface area contributed by atoms with Crippen molar-refractivity contribution in [3.63, 3.8) is 0 Å². The highest BCUT2D eigenvalue weighted by molar-refractivity contribution is 9.10. The summed E-state index contributed by atoms with van der Waals surface area (Å²) in [6.45, 7) is 4.08. The van der Waals surface area contributed by atoms with E-state index in [1.165, 1.54) is 0 Å². The number of benzene rings is 1. The van der Waals surface area contributed by atoms with Gasteiger partial charge in [0.25, 0.3) is 0 Å². The fourth-order valence-electron chi connectivity index (χ4n) is 0.874. The van der Waals surface area contributed by atoms with Crippen LogP contribution in [-0.2, 0) is 0 Å². The van der Waals surface area contributed by atoms with Crippen LogP contribution in [0.5, 0.6) is 11.5 Å². The number of rotatable bonds is 4. The van der Waals surface area contributed by atoms with Gasteiger partial charge in [0, 0.05) is 0 Å². The first kappa shape index (κ1) is 10.1. The quantitative estimate of drug-likeness (QED) is 0.756. The zero-order chi connectivity index (χ0) is 9.68. The minimum atomic E-state index is 0.505. The van der Waals surface area contributed by atoms with Crippen LogP contribution < -0.4 is 9.47 Å². The lowest BCUT2D eigenvalue weighted by Gasteiger charge is -2.06. The average molecular weight is 243 g/mol. The Bertz CT molecular complexity index is 297. The first-order chi connectivity index (χ1) is 6.27. The molecule has 3 heteroatoms.